The Morgan fingerprint density at radius 2 is 1.95 bits per heavy atom. The topological polar surface area (TPSA) is 62.5 Å². The van der Waals surface area contributed by atoms with Crippen LogP contribution in [0.15, 0.2) is 52.9 Å². The van der Waals surface area contributed by atoms with Crippen molar-refractivity contribution in [1.29, 1.82) is 0 Å². The zero-order valence-corrected chi connectivity index (χ0v) is 10.9. The standard InChI is InChI=1S/C16H13NO3/c1-10-12(6-4-7-13(10)18)17-16(19)15-9-11-5-2-3-8-14(11)20-15/h2-9,18H,1H3,(H,17,19). The minimum atomic E-state index is -0.338. The molecule has 4 heteroatoms. The molecule has 0 unspecified atom stereocenters. The normalized spacial score (nSPS) is 10.7. The minimum Gasteiger partial charge on any atom is -0.508 e. The molecule has 3 aromatic rings. The van der Waals surface area contributed by atoms with Crippen LogP contribution in [0.2, 0.25) is 0 Å². The number of benzene rings is 2. The predicted octanol–water partition coefficient (Wildman–Crippen LogP) is 3.70. The molecule has 0 aliphatic rings. The van der Waals surface area contributed by atoms with Gasteiger partial charge >= 0.3 is 0 Å². The van der Waals surface area contributed by atoms with Crippen molar-refractivity contribution in [3.63, 3.8) is 0 Å². The number of furan rings is 1. The van der Waals surface area contributed by atoms with E-state index in [1.807, 2.05) is 24.3 Å². The minimum absolute atomic E-state index is 0.146. The molecule has 20 heavy (non-hydrogen) atoms. The van der Waals surface area contributed by atoms with Gasteiger partial charge in [-0.05, 0) is 31.2 Å². The maximum Gasteiger partial charge on any atom is 0.291 e. The van der Waals surface area contributed by atoms with Crippen molar-refractivity contribution in [2.75, 3.05) is 5.32 Å². The van der Waals surface area contributed by atoms with E-state index in [1.54, 1.807) is 31.2 Å². The molecule has 0 bridgehead atoms. The van der Waals surface area contributed by atoms with Gasteiger partial charge in [-0.2, -0.15) is 0 Å². The maximum absolute atomic E-state index is 12.2. The fourth-order valence-corrected chi connectivity index (χ4v) is 2.04. The highest BCUT2D eigenvalue weighted by Gasteiger charge is 2.13. The summed E-state index contributed by atoms with van der Waals surface area (Å²) in [4.78, 5) is 12.2. The molecule has 0 saturated heterocycles. The summed E-state index contributed by atoms with van der Waals surface area (Å²) in [6.07, 6.45) is 0. The Morgan fingerprint density at radius 3 is 2.75 bits per heavy atom. The molecule has 0 aliphatic heterocycles. The van der Waals surface area contributed by atoms with E-state index in [1.165, 1.54) is 0 Å². The van der Waals surface area contributed by atoms with Crippen molar-refractivity contribution in [3.8, 4) is 5.75 Å². The van der Waals surface area contributed by atoms with Crippen LogP contribution < -0.4 is 5.32 Å². The van der Waals surface area contributed by atoms with Crippen LogP contribution >= 0.6 is 0 Å². The molecule has 1 aromatic heterocycles. The van der Waals surface area contributed by atoms with Gasteiger partial charge in [-0.1, -0.05) is 24.3 Å². The van der Waals surface area contributed by atoms with E-state index in [0.29, 0.717) is 16.8 Å². The Hall–Kier alpha value is -2.75. The Labute approximate surface area is 115 Å². The number of amides is 1. The summed E-state index contributed by atoms with van der Waals surface area (Å²) in [6, 6.07) is 14.1. The lowest BCUT2D eigenvalue weighted by Gasteiger charge is -2.07. The van der Waals surface area contributed by atoms with Crippen LogP contribution in [-0.4, -0.2) is 11.0 Å². The van der Waals surface area contributed by atoms with E-state index in [9.17, 15) is 9.90 Å². The number of carbonyl (C=O) groups excluding carboxylic acids is 1. The van der Waals surface area contributed by atoms with Gasteiger partial charge < -0.3 is 14.8 Å². The summed E-state index contributed by atoms with van der Waals surface area (Å²) in [5, 5.41) is 13.2. The van der Waals surface area contributed by atoms with Gasteiger partial charge in [0.15, 0.2) is 5.76 Å². The van der Waals surface area contributed by atoms with Gasteiger partial charge in [0, 0.05) is 16.6 Å². The maximum atomic E-state index is 12.2. The van der Waals surface area contributed by atoms with Crippen molar-refractivity contribution in [2.45, 2.75) is 6.92 Å². The first-order valence-corrected chi connectivity index (χ1v) is 6.23. The molecule has 100 valence electrons. The summed E-state index contributed by atoms with van der Waals surface area (Å²) in [7, 11) is 0. The Morgan fingerprint density at radius 1 is 1.15 bits per heavy atom. The average Bonchev–Trinajstić information content (AvgIpc) is 2.88. The number of anilines is 1. The highest BCUT2D eigenvalue weighted by molar-refractivity contribution is 6.05. The molecule has 3 rings (SSSR count). The Kier molecular flexibility index (Phi) is 2.91. The number of nitrogens with one attached hydrogen (secondary N) is 1. The zero-order chi connectivity index (χ0) is 14.1. The number of rotatable bonds is 2. The summed E-state index contributed by atoms with van der Waals surface area (Å²) < 4.78 is 5.50. The van der Waals surface area contributed by atoms with Crippen LogP contribution in [0.3, 0.4) is 0 Å². The van der Waals surface area contributed by atoms with Crippen molar-refractivity contribution in [1.82, 2.24) is 0 Å². The molecule has 0 atom stereocenters. The number of hydrogen-bond acceptors (Lipinski definition) is 3. The molecule has 0 spiro atoms. The SMILES string of the molecule is Cc1c(O)cccc1NC(=O)c1cc2ccccc2o1. The number of phenolic OH excluding ortho intramolecular Hbond substituents is 1. The second kappa shape index (κ2) is 4.74. The number of fused-ring (bicyclic) bond motifs is 1. The second-order valence-electron chi connectivity index (χ2n) is 4.55. The van der Waals surface area contributed by atoms with Gasteiger partial charge in [0.05, 0.1) is 0 Å². The molecule has 2 aromatic carbocycles. The summed E-state index contributed by atoms with van der Waals surface area (Å²) >= 11 is 0. The molecule has 0 fully saturated rings. The number of phenols is 1. The summed E-state index contributed by atoms with van der Waals surface area (Å²) in [6.45, 7) is 1.74. The lowest BCUT2D eigenvalue weighted by molar-refractivity contribution is 0.0998. The fraction of sp³-hybridized carbons (Fsp3) is 0.0625. The molecular weight excluding hydrogens is 254 g/mol. The first-order valence-electron chi connectivity index (χ1n) is 6.23. The molecule has 0 saturated carbocycles. The van der Waals surface area contributed by atoms with Crippen LogP contribution in [-0.2, 0) is 0 Å². The third kappa shape index (κ3) is 2.12. The number of carbonyl (C=O) groups is 1. The van der Waals surface area contributed by atoms with E-state index in [4.69, 9.17) is 4.42 Å². The van der Waals surface area contributed by atoms with E-state index in [0.717, 1.165) is 5.39 Å². The van der Waals surface area contributed by atoms with Gasteiger partial charge in [-0.3, -0.25) is 4.79 Å². The Bertz CT molecular complexity index is 756. The van der Waals surface area contributed by atoms with Crippen molar-refractivity contribution < 1.29 is 14.3 Å². The van der Waals surface area contributed by atoms with Crippen molar-refractivity contribution in [3.05, 3.63) is 59.9 Å². The van der Waals surface area contributed by atoms with Gasteiger partial charge in [0.2, 0.25) is 0 Å². The smallest absolute Gasteiger partial charge is 0.291 e. The van der Waals surface area contributed by atoms with E-state index >= 15 is 0 Å². The highest BCUT2D eigenvalue weighted by Crippen LogP contribution is 2.25. The molecule has 2 N–H and O–H groups in total. The van der Waals surface area contributed by atoms with Gasteiger partial charge in [-0.15, -0.1) is 0 Å². The summed E-state index contributed by atoms with van der Waals surface area (Å²) in [5.41, 5.74) is 1.86. The van der Waals surface area contributed by atoms with Gasteiger partial charge in [-0.25, -0.2) is 0 Å². The zero-order valence-electron chi connectivity index (χ0n) is 10.9. The number of aromatic hydroxyl groups is 1. The molecule has 0 aliphatic carbocycles. The molecule has 1 amide bonds. The predicted molar refractivity (Wildman–Crippen MR) is 77.0 cm³/mol. The Balaban J connectivity index is 1.91. The third-order valence-corrected chi connectivity index (χ3v) is 3.20. The van der Waals surface area contributed by atoms with Crippen LogP contribution in [0.5, 0.6) is 5.75 Å². The largest absolute Gasteiger partial charge is 0.508 e. The van der Waals surface area contributed by atoms with Gasteiger partial charge in [0.1, 0.15) is 11.3 Å². The summed E-state index contributed by atoms with van der Waals surface area (Å²) in [5.74, 6) is 0.0521. The molecule has 1 heterocycles. The van der Waals surface area contributed by atoms with Gasteiger partial charge in [0.25, 0.3) is 5.91 Å². The second-order valence-corrected chi connectivity index (χ2v) is 4.55. The van der Waals surface area contributed by atoms with E-state index in [-0.39, 0.29) is 17.4 Å². The first-order chi connectivity index (χ1) is 9.65. The van der Waals surface area contributed by atoms with E-state index in [2.05, 4.69) is 5.32 Å². The van der Waals surface area contributed by atoms with Crippen LogP contribution in [0.4, 0.5) is 5.69 Å². The first kappa shape index (κ1) is 12.3. The van der Waals surface area contributed by atoms with Crippen LogP contribution in [0.25, 0.3) is 11.0 Å². The average molecular weight is 267 g/mol. The molecule has 0 radical (unpaired) electrons. The number of hydrogen-bond donors (Lipinski definition) is 2. The fourth-order valence-electron chi connectivity index (χ4n) is 2.04. The van der Waals surface area contributed by atoms with Crippen LogP contribution in [0, 0.1) is 6.92 Å². The van der Waals surface area contributed by atoms with Crippen molar-refractivity contribution >= 4 is 22.6 Å². The van der Waals surface area contributed by atoms with Crippen molar-refractivity contribution in [2.24, 2.45) is 0 Å². The highest BCUT2D eigenvalue weighted by atomic mass is 16.3. The lowest BCUT2D eigenvalue weighted by Crippen LogP contribution is -2.11. The number of para-hydroxylation sites is 1. The lowest BCUT2D eigenvalue weighted by atomic mass is 10.2. The monoisotopic (exact) mass is 267 g/mol. The van der Waals surface area contributed by atoms with Crippen LogP contribution in [0.1, 0.15) is 16.1 Å². The van der Waals surface area contributed by atoms with E-state index < -0.39 is 0 Å². The molecule has 4 nitrogen and oxygen atoms in total. The third-order valence-electron chi connectivity index (χ3n) is 3.20. The quantitative estimate of drug-likeness (QED) is 0.744. The molecular formula is C16H13NO3.